The summed E-state index contributed by atoms with van der Waals surface area (Å²) in [7, 11) is 0. The fraction of sp³-hybridized carbons (Fsp3) is 0. The minimum absolute atomic E-state index is 0.537. The van der Waals surface area contributed by atoms with Gasteiger partial charge in [0.15, 0.2) is 17.5 Å². The molecule has 8 aromatic carbocycles. The van der Waals surface area contributed by atoms with Gasteiger partial charge in [-0.3, -0.25) is 4.57 Å². The first-order valence-electron chi connectivity index (χ1n) is 20.8. The molecular weight excluding hydrogens is 793 g/mol. The Morgan fingerprint density at radius 1 is 0.397 bits per heavy atom. The summed E-state index contributed by atoms with van der Waals surface area (Å²) in [4.78, 5) is 25.8. The standard InChI is InChI=1S/C55H32N6OS/c1-3-15-33(16-4-1)51-57-52(34-17-5-2-6-18-34)60-55(59-51)61-44-26-10-7-21-39(44)43-32-37(29-30-45(43)61)53-56-49(48-42-23-8-11-27-46(42)62-54(48)58-53)36-20-13-19-35(31-36)38-24-14-25-41-40-22-9-12-28-47(40)63-50(38)41/h1-32H. The molecule has 63 heavy (non-hydrogen) atoms. The van der Waals surface area contributed by atoms with Gasteiger partial charge in [0, 0.05) is 58.6 Å². The Bertz CT molecular complexity index is 3870. The van der Waals surface area contributed by atoms with E-state index in [1.807, 2.05) is 90.2 Å². The van der Waals surface area contributed by atoms with E-state index in [0.29, 0.717) is 29.1 Å². The van der Waals surface area contributed by atoms with Crippen LogP contribution in [0.5, 0.6) is 0 Å². The summed E-state index contributed by atoms with van der Waals surface area (Å²) in [6.07, 6.45) is 0. The van der Waals surface area contributed by atoms with Gasteiger partial charge >= 0.3 is 0 Å². The van der Waals surface area contributed by atoms with Crippen molar-refractivity contribution in [3.8, 4) is 62.5 Å². The Morgan fingerprint density at radius 2 is 1.02 bits per heavy atom. The van der Waals surface area contributed by atoms with Crippen molar-refractivity contribution in [1.82, 2.24) is 29.5 Å². The summed E-state index contributed by atoms with van der Waals surface area (Å²) in [5.41, 5.74) is 10.1. The van der Waals surface area contributed by atoms with Gasteiger partial charge < -0.3 is 4.42 Å². The molecule has 0 atom stereocenters. The van der Waals surface area contributed by atoms with Crippen molar-refractivity contribution >= 4 is 75.4 Å². The molecule has 0 spiro atoms. The number of nitrogens with zero attached hydrogens (tertiary/aromatic N) is 6. The van der Waals surface area contributed by atoms with Gasteiger partial charge in [0.2, 0.25) is 11.7 Å². The van der Waals surface area contributed by atoms with E-state index in [9.17, 15) is 0 Å². The van der Waals surface area contributed by atoms with Crippen LogP contribution in [0.2, 0.25) is 0 Å². The molecule has 0 bridgehead atoms. The maximum atomic E-state index is 6.52. The smallest absolute Gasteiger partial charge is 0.238 e. The van der Waals surface area contributed by atoms with Gasteiger partial charge in [-0.15, -0.1) is 11.3 Å². The Morgan fingerprint density at radius 3 is 1.83 bits per heavy atom. The van der Waals surface area contributed by atoms with Crippen molar-refractivity contribution in [2.45, 2.75) is 0 Å². The zero-order valence-electron chi connectivity index (χ0n) is 33.5. The Labute approximate surface area is 364 Å². The van der Waals surface area contributed by atoms with Crippen molar-refractivity contribution in [1.29, 1.82) is 0 Å². The van der Waals surface area contributed by atoms with Gasteiger partial charge in [0.25, 0.3) is 0 Å². The Balaban J connectivity index is 0.999. The lowest BCUT2D eigenvalue weighted by Crippen LogP contribution is -2.06. The molecule has 0 aliphatic rings. The van der Waals surface area contributed by atoms with Crippen molar-refractivity contribution in [2.24, 2.45) is 0 Å². The molecule has 0 fully saturated rings. The second kappa shape index (κ2) is 14.1. The number of para-hydroxylation sites is 2. The van der Waals surface area contributed by atoms with Crippen molar-refractivity contribution in [2.75, 3.05) is 0 Å². The molecule has 13 aromatic rings. The summed E-state index contributed by atoms with van der Waals surface area (Å²) in [5, 5.41) is 6.51. The van der Waals surface area contributed by atoms with Crippen molar-refractivity contribution < 1.29 is 4.42 Å². The van der Waals surface area contributed by atoms with E-state index in [2.05, 4.69) is 120 Å². The zero-order chi connectivity index (χ0) is 41.4. The summed E-state index contributed by atoms with van der Waals surface area (Å²) < 4.78 is 11.2. The molecule has 0 amide bonds. The minimum atomic E-state index is 0.537. The van der Waals surface area contributed by atoms with Gasteiger partial charge in [0.1, 0.15) is 5.58 Å². The van der Waals surface area contributed by atoms with E-state index >= 15 is 0 Å². The minimum Gasteiger partial charge on any atom is -0.438 e. The summed E-state index contributed by atoms with van der Waals surface area (Å²) in [6, 6.07) is 67.0. The number of thiophene rings is 1. The van der Waals surface area contributed by atoms with E-state index in [0.717, 1.165) is 71.7 Å². The molecule has 294 valence electrons. The van der Waals surface area contributed by atoms with E-state index in [1.165, 1.54) is 25.7 Å². The van der Waals surface area contributed by atoms with Gasteiger partial charge in [-0.25, -0.2) is 9.97 Å². The highest BCUT2D eigenvalue weighted by Gasteiger charge is 2.22. The number of aromatic nitrogens is 6. The first kappa shape index (κ1) is 35.4. The van der Waals surface area contributed by atoms with Crippen molar-refractivity contribution in [3.63, 3.8) is 0 Å². The predicted molar refractivity (Wildman–Crippen MR) is 257 cm³/mol. The summed E-state index contributed by atoms with van der Waals surface area (Å²) in [6.45, 7) is 0. The fourth-order valence-electron chi connectivity index (χ4n) is 8.99. The molecule has 0 N–H and O–H groups in total. The number of hydrogen-bond acceptors (Lipinski definition) is 7. The largest absolute Gasteiger partial charge is 0.438 e. The topological polar surface area (TPSA) is 82.5 Å². The highest BCUT2D eigenvalue weighted by Crippen LogP contribution is 2.43. The van der Waals surface area contributed by atoms with E-state index < -0.39 is 0 Å². The Hall–Kier alpha value is -8.33. The van der Waals surface area contributed by atoms with Gasteiger partial charge in [-0.1, -0.05) is 152 Å². The molecule has 0 aliphatic heterocycles. The van der Waals surface area contributed by atoms with Crippen LogP contribution in [0.15, 0.2) is 199 Å². The first-order chi connectivity index (χ1) is 31.2. The predicted octanol–water partition coefficient (Wildman–Crippen LogP) is 14.4. The SMILES string of the molecule is c1ccc(-c2nc(-c3ccccc3)nc(-n3c4ccccc4c4cc(-c5nc(-c6cccc(-c7cccc8c7sc7ccccc78)c6)c6c(n5)oc5ccccc56)ccc43)n2)cc1. The Kier molecular flexibility index (Phi) is 7.94. The zero-order valence-corrected chi connectivity index (χ0v) is 34.3. The molecule has 0 radical (unpaired) electrons. The highest BCUT2D eigenvalue weighted by atomic mass is 32.1. The van der Waals surface area contributed by atoms with Crippen LogP contribution >= 0.6 is 11.3 Å². The summed E-state index contributed by atoms with van der Waals surface area (Å²) >= 11 is 1.84. The number of hydrogen-bond donors (Lipinski definition) is 0. The first-order valence-corrected chi connectivity index (χ1v) is 21.6. The molecule has 5 heterocycles. The average molecular weight is 825 g/mol. The second-order valence-electron chi connectivity index (χ2n) is 15.6. The number of furan rings is 1. The third-order valence-corrected chi connectivity index (χ3v) is 13.1. The molecule has 13 rings (SSSR count). The average Bonchev–Trinajstić information content (AvgIpc) is 4.04. The van der Waals surface area contributed by atoms with E-state index in [4.69, 9.17) is 29.3 Å². The molecule has 0 unspecified atom stereocenters. The molecule has 0 aliphatic carbocycles. The lowest BCUT2D eigenvalue weighted by Gasteiger charge is -2.11. The van der Waals surface area contributed by atoms with Crippen LogP contribution in [0.1, 0.15) is 0 Å². The molecule has 8 heteroatoms. The third kappa shape index (κ3) is 5.76. The van der Waals surface area contributed by atoms with Crippen LogP contribution in [-0.4, -0.2) is 29.5 Å². The van der Waals surface area contributed by atoms with E-state index in [-0.39, 0.29) is 0 Å². The molecule has 0 saturated carbocycles. The van der Waals surface area contributed by atoms with Crippen LogP contribution < -0.4 is 0 Å². The van der Waals surface area contributed by atoms with Crippen LogP contribution in [0.25, 0.3) is 127 Å². The van der Waals surface area contributed by atoms with Crippen LogP contribution in [0, 0.1) is 0 Å². The quantitative estimate of drug-likeness (QED) is 0.166. The normalized spacial score (nSPS) is 11.8. The van der Waals surface area contributed by atoms with Gasteiger partial charge in [-0.05, 0) is 53.6 Å². The monoisotopic (exact) mass is 824 g/mol. The maximum Gasteiger partial charge on any atom is 0.238 e. The number of rotatable bonds is 6. The van der Waals surface area contributed by atoms with Crippen LogP contribution in [0.4, 0.5) is 0 Å². The number of benzene rings is 8. The molecule has 0 saturated heterocycles. The highest BCUT2D eigenvalue weighted by molar-refractivity contribution is 7.26. The molecular formula is C55H32N6OS. The van der Waals surface area contributed by atoms with Crippen LogP contribution in [-0.2, 0) is 0 Å². The van der Waals surface area contributed by atoms with Gasteiger partial charge in [-0.2, -0.15) is 15.0 Å². The lowest BCUT2D eigenvalue weighted by atomic mass is 9.98. The third-order valence-electron chi connectivity index (χ3n) is 11.9. The van der Waals surface area contributed by atoms with Crippen molar-refractivity contribution in [3.05, 3.63) is 194 Å². The second-order valence-corrected chi connectivity index (χ2v) is 16.7. The number of fused-ring (bicyclic) bond motifs is 9. The lowest BCUT2D eigenvalue weighted by molar-refractivity contribution is 0.653. The molecule has 5 aromatic heterocycles. The van der Waals surface area contributed by atoms with E-state index in [1.54, 1.807) is 0 Å². The molecule has 7 nitrogen and oxygen atoms in total. The summed E-state index contributed by atoms with van der Waals surface area (Å²) in [5.74, 6) is 2.32. The maximum absolute atomic E-state index is 6.52. The van der Waals surface area contributed by atoms with Crippen LogP contribution in [0.3, 0.4) is 0 Å². The van der Waals surface area contributed by atoms with Gasteiger partial charge in [0.05, 0.1) is 22.1 Å². The fourth-order valence-corrected chi connectivity index (χ4v) is 10.2.